The van der Waals surface area contributed by atoms with Crippen molar-refractivity contribution in [2.24, 2.45) is 5.10 Å². The SMILES string of the molecule is Oc1ccc(Br)cc1/C=N\n1c(-c2cc(-c3ccccc3)n[nH]2)n[nH]c1=S. The molecule has 0 bridgehead atoms. The van der Waals surface area contributed by atoms with Gasteiger partial charge >= 0.3 is 0 Å². The number of nitrogens with zero attached hydrogens (tertiary/aromatic N) is 4. The molecule has 0 amide bonds. The minimum absolute atomic E-state index is 0.117. The van der Waals surface area contributed by atoms with E-state index in [1.807, 2.05) is 36.4 Å². The lowest BCUT2D eigenvalue weighted by molar-refractivity contribution is 0.474. The molecule has 0 spiro atoms. The molecule has 4 rings (SSSR count). The van der Waals surface area contributed by atoms with Crippen molar-refractivity contribution in [3.63, 3.8) is 0 Å². The molecule has 9 heteroatoms. The third-order valence-corrected chi connectivity index (χ3v) is 4.60. The average molecular weight is 441 g/mol. The van der Waals surface area contributed by atoms with Crippen molar-refractivity contribution in [1.82, 2.24) is 25.1 Å². The zero-order valence-corrected chi connectivity index (χ0v) is 16.2. The molecule has 7 nitrogen and oxygen atoms in total. The summed E-state index contributed by atoms with van der Waals surface area (Å²) >= 11 is 8.65. The van der Waals surface area contributed by atoms with E-state index in [9.17, 15) is 5.11 Å². The predicted molar refractivity (Wildman–Crippen MR) is 109 cm³/mol. The fourth-order valence-electron chi connectivity index (χ4n) is 2.51. The van der Waals surface area contributed by atoms with E-state index >= 15 is 0 Å². The second-order valence-corrected chi connectivity index (χ2v) is 6.95. The Kier molecular flexibility index (Phi) is 4.69. The minimum Gasteiger partial charge on any atom is -0.507 e. The van der Waals surface area contributed by atoms with Crippen LogP contribution in [0, 0.1) is 4.77 Å². The van der Waals surface area contributed by atoms with Gasteiger partial charge in [-0.3, -0.25) is 5.10 Å². The highest BCUT2D eigenvalue weighted by atomic mass is 79.9. The standard InChI is InChI=1S/C18H13BrN6OS/c19-13-6-7-16(26)12(8-13)10-20-25-17(23-24-18(25)27)15-9-14(21-22-15)11-4-2-1-3-5-11/h1-10,26H,(H,21,22)(H,24,27)/b20-10-. The summed E-state index contributed by atoms with van der Waals surface area (Å²) in [4.78, 5) is 0. The van der Waals surface area contributed by atoms with Crippen LogP contribution in [0.25, 0.3) is 22.8 Å². The molecule has 0 saturated heterocycles. The largest absolute Gasteiger partial charge is 0.507 e. The number of phenolic OH excluding ortho intramolecular Hbond substituents is 1. The van der Waals surface area contributed by atoms with E-state index in [0.717, 1.165) is 15.7 Å². The van der Waals surface area contributed by atoms with E-state index in [1.54, 1.807) is 18.2 Å². The molecular weight excluding hydrogens is 428 g/mol. The summed E-state index contributed by atoms with van der Waals surface area (Å²) in [5.74, 6) is 0.604. The summed E-state index contributed by atoms with van der Waals surface area (Å²) < 4.78 is 2.63. The molecule has 4 aromatic rings. The summed E-state index contributed by atoms with van der Waals surface area (Å²) in [6, 6.07) is 16.8. The van der Waals surface area contributed by atoms with Crippen LogP contribution in [-0.2, 0) is 0 Å². The fourth-order valence-corrected chi connectivity index (χ4v) is 3.07. The lowest BCUT2D eigenvalue weighted by Crippen LogP contribution is -1.95. The Morgan fingerprint density at radius 3 is 2.70 bits per heavy atom. The maximum absolute atomic E-state index is 9.96. The molecule has 0 aliphatic heterocycles. The quantitative estimate of drug-likeness (QED) is 0.324. The van der Waals surface area contributed by atoms with E-state index in [1.165, 1.54) is 10.9 Å². The van der Waals surface area contributed by atoms with Crippen LogP contribution in [0.5, 0.6) is 5.75 Å². The molecule has 0 atom stereocenters. The average Bonchev–Trinajstić information content (AvgIpc) is 3.30. The number of benzene rings is 2. The first-order chi connectivity index (χ1) is 13.1. The Balaban J connectivity index is 1.71. The van der Waals surface area contributed by atoms with Gasteiger partial charge in [0.25, 0.3) is 0 Å². The number of hydrogen-bond donors (Lipinski definition) is 3. The zero-order valence-electron chi connectivity index (χ0n) is 13.8. The van der Waals surface area contributed by atoms with E-state index < -0.39 is 0 Å². The van der Waals surface area contributed by atoms with Gasteiger partial charge in [-0.25, -0.2) is 5.10 Å². The van der Waals surface area contributed by atoms with Crippen molar-refractivity contribution < 1.29 is 5.11 Å². The summed E-state index contributed by atoms with van der Waals surface area (Å²) in [6.07, 6.45) is 1.52. The molecule has 3 N–H and O–H groups in total. The molecule has 2 heterocycles. The smallest absolute Gasteiger partial charge is 0.216 e. The van der Waals surface area contributed by atoms with Crippen LogP contribution in [0.2, 0.25) is 0 Å². The van der Waals surface area contributed by atoms with Crippen LogP contribution in [0.4, 0.5) is 0 Å². The van der Waals surface area contributed by atoms with Crippen molar-refractivity contribution in [1.29, 1.82) is 0 Å². The maximum atomic E-state index is 9.96. The number of hydrogen-bond acceptors (Lipinski definition) is 5. The molecular formula is C18H13BrN6OS. The van der Waals surface area contributed by atoms with Crippen LogP contribution < -0.4 is 0 Å². The van der Waals surface area contributed by atoms with Gasteiger partial charge in [0.05, 0.1) is 11.9 Å². The highest BCUT2D eigenvalue weighted by Gasteiger charge is 2.12. The molecule has 0 aliphatic rings. The maximum Gasteiger partial charge on any atom is 0.216 e. The molecule has 2 aromatic carbocycles. The van der Waals surface area contributed by atoms with E-state index in [4.69, 9.17) is 12.2 Å². The monoisotopic (exact) mass is 440 g/mol. The van der Waals surface area contributed by atoms with Gasteiger partial charge < -0.3 is 5.11 Å². The van der Waals surface area contributed by atoms with Crippen LogP contribution in [0.3, 0.4) is 0 Å². The molecule has 27 heavy (non-hydrogen) atoms. The molecule has 134 valence electrons. The summed E-state index contributed by atoms with van der Waals surface area (Å²) in [5, 5.41) is 28.6. The second-order valence-electron chi connectivity index (χ2n) is 5.64. The first-order valence-corrected chi connectivity index (χ1v) is 9.13. The second kappa shape index (κ2) is 7.29. The van der Waals surface area contributed by atoms with Crippen molar-refractivity contribution in [2.75, 3.05) is 0 Å². The Morgan fingerprint density at radius 2 is 1.89 bits per heavy atom. The first-order valence-electron chi connectivity index (χ1n) is 7.93. The number of aromatic hydroxyl groups is 1. The van der Waals surface area contributed by atoms with Crippen LogP contribution in [0.15, 0.2) is 64.2 Å². The van der Waals surface area contributed by atoms with Gasteiger partial charge in [-0.2, -0.15) is 20.0 Å². The lowest BCUT2D eigenvalue weighted by Gasteiger charge is -2.00. The zero-order chi connectivity index (χ0) is 18.8. The third-order valence-electron chi connectivity index (χ3n) is 3.84. The van der Waals surface area contributed by atoms with Crippen molar-refractivity contribution in [2.45, 2.75) is 0 Å². The molecule has 0 fully saturated rings. The topological polar surface area (TPSA) is 94.9 Å². The lowest BCUT2D eigenvalue weighted by atomic mass is 10.1. The normalized spacial score (nSPS) is 11.3. The van der Waals surface area contributed by atoms with Gasteiger partial charge in [-0.15, -0.1) is 0 Å². The van der Waals surface area contributed by atoms with E-state index in [2.05, 4.69) is 41.4 Å². The number of nitrogens with one attached hydrogen (secondary N) is 2. The minimum atomic E-state index is 0.117. The molecule has 0 radical (unpaired) electrons. The van der Waals surface area contributed by atoms with Crippen LogP contribution >= 0.6 is 28.1 Å². The van der Waals surface area contributed by atoms with Gasteiger partial charge in [-0.1, -0.05) is 46.3 Å². The number of phenols is 1. The van der Waals surface area contributed by atoms with E-state index in [-0.39, 0.29) is 5.75 Å². The number of H-pyrrole nitrogens is 2. The number of aromatic nitrogens is 5. The van der Waals surface area contributed by atoms with Crippen molar-refractivity contribution in [3.05, 3.63) is 69.4 Å². The fraction of sp³-hybridized carbons (Fsp3) is 0. The number of rotatable bonds is 4. The Hall–Kier alpha value is -3.04. The van der Waals surface area contributed by atoms with Gasteiger partial charge in [0.2, 0.25) is 10.6 Å². The van der Waals surface area contributed by atoms with Gasteiger partial charge in [0.1, 0.15) is 11.4 Å². The van der Waals surface area contributed by atoms with Gasteiger partial charge in [-0.05, 0) is 36.5 Å². The summed E-state index contributed by atoms with van der Waals surface area (Å²) in [7, 11) is 0. The molecule has 2 aromatic heterocycles. The summed E-state index contributed by atoms with van der Waals surface area (Å²) in [6.45, 7) is 0. The Bertz CT molecular complexity index is 1180. The highest BCUT2D eigenvalue weighted by molar-refractivity contribution is 9.10. The molecule has 0 saturated carbocycles. The third kappa shape index (κ3) is 3.60. The Labute approximate surface area is 167 Å². The summed E-state index contributed by atoms with van der Waals surface area (Å²) in [5.41, 5.74) is 2.99. The molecule has 0 unspecified atom stereocenters. The number of aromatic amines is 2. The van der Waals surface area contributed by atoms with Gasteiger partial charge in [0.15, 0.2) is 0 Å². The Morgan fingerprint density at radius 1 is 1.07 bits per heavy atom. The van der Waals surface area contributed by atoms with Crippen LogP contribution in [0.1, 0.15) is 5.56 Å². The first kappa shape index (κ1) is 17.4. The highest BCUT2D eigenvalue weighted by Crippen LogP contribution is 2.23. The van der Waals surface area contributed by atoms with Crippen LogP contribution in [-0.4, -0.2) is 36.4 Å². The van der Waals surface area contributed by atoms with E-state index in [0.29, 0.717) is 21.9 Å². The van der Waals surface area contributed by atoms with Gasteiger partial charge in [0, 0.05) is 15.6 Å². The predicted octanol–water partition coefficient (Wildman–Crippen LogP) is 4.35. The molecule has 0 aliphatic carbocycles. The number of halogens is 1. The van der Waals surface area contributed by atoms with Crippen molar-refractivity contribution in [3.8, 4) is 28.5 Å². The van der Waals surface area contributed by atoms with Crippen molar-refractivity contribution >= 4 is 34.4 Å².